The Kier molecular flexibility index (Phi) is 4.20. The first-order valence-electron chi connectivity index (χ1n) is 11.8. The standard InChI is InChI=1S/C25H27NO8/c1-24(2)31-18-17(30-23-20(19(18)32-24)33-25(3,4)34-23)12-10-13-14-15(16(12)29-13)22(28)26(21(14)27)11-8-6-5-7-9-11/h5-10,13-20,23H,1-4H3/t13-,14-,15-,16+,17+,18-,19-,20+,23+/m0/s1. The van der Waals surface area contributed by atoms with E-state index in [4.69, 9.17) is 28.4 Å². The molecule has 2 bridgehead atoms. The zero-order valence-electron chi connectivity index (χ0n) is 19.4. The van der Waals surface area contributed by atoms with E-state index in [0.29, 0.717) is 5.69 Å². The molecule has 1 aromatic rings. The number of carbonyl (C=O) groups is 2. The van der Waals surface area contributed by atoms with E-state index < -0.39 is 66.3 Å². The molecule has 34 heavy (non-hydrogen) atoms. The van der Waals surface area contributed by atoms with Gasteiger partial charge in [-0.2, -0.15) is 0 Å². The molecule has 0 spiro atoms. The van der Waals surface area contributed by atoms with Crippen LogP contribution in [0.2, 0.25) is 0 Å². The first-order chi connectivity index (χ1) is 16.1. The van der Waals surface area contributed by atoms with Crippen molar-refractivity contribution in [2.75, 3.05) is 4.90 Å². The van der Waals surface area contributed by atoms with E-state index in [9.17, 15) is 9.59 Å². The number of hydrogen-bond donors (Lipinski definition) is 0. The molecule has 180 valence electrons. The number of carbonyl (C=O) groups excluding carboxylic acids is 2. The number of imide groups is 1. The van der Waals surface area contributed by atoms with E-state index in [1.165, 1.54) is 4.90 Å². The average molecular weight is 469 g/mol. The van der Waals surface area contributed by atoms with Crippen molar-refractivity contribution < 1.29 is 38.0 Å². The summed E-state index contributed by atoms with van der Waals surface area (Å²) in [6, 6.07) is 9.03. The lowest BCUT2D eigenvalue weighted by Crippen LogP contribution is -2.56. The van der Waals surface area contributed by atoms with E-state index in [1.54, 1.807) is 12.1 Å². The molecule has 0 unspecified atom stereocenters. The smallest absolute Gasteiger partial charge is 0.240 e. The van der Waals surface area contributed by atoms with Crippen LogP contribution >= 0.6 is 0 Å². The van der Waals surface area contributed by atoms with Crippen molar-refractivity contribution in [3.05, 3.63) is 42.0 Å². The molecule has 0 radical (unpaired) electrons. The van der Waals surface area contributed by atoms with Gasteiger partial charge in [0.05, 0.1) is 29.7 Å². The summed E-state index contributed by atoms with van der Waals surface area (Å²) in [7, 11) is 0. The van der Waals surface area contributed by atoms with Gasteiger partial charge >= 0.3 is 0 Å². The molecule has 0 saturated carbocycles. The Morgan fingerprint density at radius 1 is 0.735 bits per heavy atom. The van der Waals surface area contributed by atoms with Gasteiger partial charge < -0.3 is 28.4 Å². The fourth-order valence-corrected chi connectivity index (χ4v) is 6.40. The molecule has 6 aliphatic rings. The molecule has 9 nitrogen and oxygen atoms in total. The minimum absolute atomic E-state index is 0.220. The minimum atomic E-state index is -0.827. The van der Waals surface area contributed by atoms with Crippen LogP contribution < -0.4 is 4.90 Å². The van der Waals surface area contributed by atoms with E-state index in [-0.39, 0.29) is 11.8 Å². The van der Waals surface area contributed by atoms with Gasteiger partial charge in [-0.1, -0.05) is 24.3 Å². The lowest BCUT2D eigenvalue weighted by molar-refractivity contribution is -0.226. The summed E-state index contributed by atoms with van der Waals surface area (Å²) in [5, 5.41) is 0. The second-order valence-corrected chi connectivity index (χ2v) is 10.7. The van der Waals surface area contributed by atoms with Crippen LogP contribution in [-0.2, 0) is 38.0 Å². The lowest BCUT2D eigenvalue weighted by atomic mass is 9.77. The minimum Gasteiger partial charge on any atom is -0.365 e. The highest BCUT2D eigenvalue weighted by Crippen LogP contribution is 2.53. The van der Waals surface area contributed by atoms with Gasteiger partial charge in [-0.3, -0.25) is 9.59 Å². The first kappa shape index (κ1) is 21.2. The molecule has 6 aliphatic heterocycles. The van der Waals surface area contributed by atoms with Crippen molar-refractivity contribution in [3.8, 4) is 0 Å². The Balaban J connectivity index is 1.22. The summed E-state index contributed by atoms with van der Waals surface area (Å²) in [5.41, 5.74) is 1.39. The maximum atomic E-state index is 13.5. The molecular formula is C25H27NO8. The number of rotatable bonds is 2. The van der Waals surface area contributed by atoms with Crippen molar-refractivity contribution in [1.82, 2.24) is 0 Å². The van der Waals surface area contributed by atoms with Crippen LogP contribution in [0.15, 0.2) is 42.0 Å². The van der Waals surface area contributed by atoms with Gasteiger partial charge in [0.1, 0.15) is 24.4 Å². The molecule has 1 aromatic carbocycles. The highest BCUT2D eigenvalue weighted by atomic mass is 16.9. The second kappa shape index (κ2) is 6.75. The quantitative estimate of drug-likeness (QED) is 0.479. The van der Waals surface area contributed by atoms with Crippen molar-refractivity contribution in [2.24, 2.45) is 11.8 Å². The number of fused-ring (bicyclic) bond motifs is 8. The fourth-order valence-electron chi connectivity index (χ4n) is 6.40. The molecule has 9 atom stereocenters. The van der Waals surface area contributed by atoms with Crippen LogP contribution in [0.3, 0.4) is 0 Å². The molecule has 2 amide bonds. The zero-order chi connectivity index (χ0) is 23.6. The molecule has 6 heterocycles. The maximum absolute atomic E-state index is 13.5. The number of anilines is 1. The number of para-hydroxylation sites is 1. The normalized spacial score (nSPS) is 45.4. The van der Waals surface area contributed by atoms with Crippen molar-refractivity contribution >= 4 is 17.5 Å². The summed E-state index contributed by atoms with van der Waals surface area (Å²) in [5.74, 6) is -3.23. The highest BCUT2D eigenvalue weighted by Gasteiger charge is 2.67. The van der Waals surface area contributed by atoms with Gasteiger partial charge in [-0.05, 0) is 45.4 Å². The van der Waals surface area contributed by atoms with Gasteiger partial charge in [0.25, 0.3) is 0 Å². The van der Waals surface area contributed by atoms with Crippen LogP contribution in [0.25, 0.3) is 0 Å². The maximum Gasteiger partial charge on any atom is 0.240 e. The summed E-state index contributed by atoms with van der Waals surface area (Å²) in [6.45, 7) is 7.39. The van der Waals surface area contributed by atoms with Crippen molar-refractivity contribution in [2.45, 2.75) is 82.2 Å². The number of ether oxygens (including phenoxy) is 6. The molecular weight excluding hydrogens is 442 g/mol. The zero-order valence-corrected chi connectivity index (χ0v) is 19.4. The number of nitrogens with zero attached hydrogens (tertiary/aromatic N) is 1. The monoisotopic (exact) mass is 469 g/mol. The van der Waals surface area contributed by atoms with Gasteiger partial charge in [-0.25, -0.2) is 4.90 Å². The Labute approximate surface area is 196 Å². The third-order valence-corrected chi connectivity index (χ3v) is 7.56. The molecule has 9 heteroatoms. The summed E-state index contributed by atoms with van der Waals surface area (Å²) in [6.07, 6.45) is -1.60. The predicted octanol–water partition coefficient (Wildman–Crippen LogP) is 1.90. The number of amides is 2. The fraction of sp³-hybridized carbons (Fsp3) is 0.600. The molecule has 0 aromatic heterocycles. The molecule has 5 fully saturated rings. The third kappa shape index (κ3) is 2.82. The van der Waals surface area contributed by atoms with E-state index in [0.717, 1.165) is 5.57 Å². The van der Waals surface area contributed by atoms with Crippen LogP contribution in [-0.4, -0.2) is 66.3 Å². The highest BCUT2D eigenvalue weighted by molar-refractivity contribution is 6.23. The predicted molar refractivity (Wildman–Crippen MR) is 115 cm³/mol. The van der Waals surface area contributed by atoms with E-state index >= 15 is 0 Å². The Morgan fingerprint density at radius 2 is 1.38 bits per heavy atom. The molecule has 0 aliphatic carbocycles. The van der Waals surface area contributed by atoms with Gasteiger partial charge in [0.2, 0.25) is 11.8 Å². The van der Waals surface area contributed by atoms with Crippen LogP contribution in [0, 0.1) is 11.8 Å². The Morgan fingerprint density at radius 3 is 2.15 bits per heavy atom. The van der Waals surface area contributed by atoms with Gasteiger partial charge in [-0.15, -0.1) is 0 Å². The third-order valence-electron chi connectivity index (χ3n) is 7.56. The molecule has 0 N–H and O–H groups in total. The topological polar surface area (TPSA) is 92.8 Å². The first-order valence-corrected chi connectivity index (χ1v) is 11.8. The van der Waals surface area contributed by atoms with Crippen molar-refractivity contribution in [3.63, 3.8) is 0 Å². The van der Waals surface area contributed by atoms with Crippen LogP contribution in [0.4, 0.5) is 5.69 Å². The van der Waals surface area contributed by atoms with Crippen LogP contribution in [0.5, 0.6) is 0 Å². The summed E-state index contributed by atoms with van der Waals surface area (Å²) in [4.78, 5) is 28.0. The van der Waals surface area contributed by atoms with Crippen molar-refractivity contribution in [1.29, 1.82) is 0 Å². The molecule has 5 saturated heterocycles. The second-order valence-electron chi connectivity index (χ2n) is 10.7. The lowest BCUT2D eigenvalue weighted by Gasteiger charge is -2.39. The van der Waals surface area contributed by atoms with E-state index in [2.05, 4.69) is 0 Å². The van der Waals surface area contributed by atoms with Crippen LogP contribution in [0.1, 0.15) is 27.7 Å². The SMILES string of the molecule is CC1(C)O[C@H]2[C@@H](O1)[C@@H](C1=C[C@@H]3O[C@H]1[C@H]1C(=O)N(c4ccccc4)C(=O)[C@H]13)O[C@@H]1OC(C)(C)O[C@@H]12. The number of benzene rings is 1. The number of hydrogen-bond acceptors (Lipinski definition) is 8. The summed E-state index contributed by atoms with van der Waals surface area (Å²) < 4.78 is 37.2. The summed E-state index contributed by atoms with van der Waals surface area (Å²) >= 11 is 0. The largest absolute Gasteiger partial charge is 0.365 e. The van der Waals surface area contributed by atoms with Gasteiger partial charge in [0.15, 0.2) is 17.9 Å². The average Bonchev–Trinajstić information content (AvgIpc) is 3.54. The van der Waals surface area contributed by atoms with Gasteiger partial charge in [0, 0.05) is 0 Å². The van der Waals surface area contributed by atoms with E-state index in [1.807, 2.05) is 52.0 Å². The Bertz CT molecular complexity index is 1100. The molecule has 7 rings (SSSR count). The Hall–Kier alpha value is -2.14.